The number of carbonyl (C=O) groups is 1. The second kappa shape index (κ2) is 4.86. The molecule has 0 aromatic heterocycles. The van der Waals surface area contributed by atoms with E-state index in [0.29, 0.717) is 0 Å². The van der Waals surface area contributed by atoms with Crippen molar-refractivity contribution in [2.75, 3.05) is 7.11 Å². The number of methoxy groups -OCH3 is 1. The Labute approximate surface area is 86.6 Å². The van der Waals surface area contributed by atoms with E-state index in [2.05, 4.69) is 5.32 Å². The van der Waals surface area contributed by atoms with Crippen LogP contribution in [-0.4, -0.2) is 59.2 Å². The fraction of sp³-hybridized carbons (Fsp3) is 0.875. The fourth-order valence-electron chi connectivity index (χ4n) is 1.43. The molecule has 1 fully saturated rings. The number of carbonyl (C=O) groups excluding carboxylic acids is 1. The zero-order valence-corrected chi connectivity index (χ0v) is 8.45. The van der Waals surface area contributed by atoms with E-state index >= 15 is 0 Å². The second-order valence-electron chi connectivity index (χ2n) is 3.34. The Morgan fingerprint density at radius 2 is 1.93 bits per heavy atom. The lowest BCUT2D eigenvalue weighted by molar-refractivity contribution is -0.310. The molecule has 0 aliphatic carbocycles. The summed E-state index contributed by atoms with van der Waals surface area (Å²) in [4.78, 5) is 10.8. The van der Waals surface area contributed by atoms with Crippen molar-refractivity contribution in [2.45, 2.75) is 37.8 Å². The second-order valence-corrected chi connectivity index (χ2v) is 3.34. The number of aliphatic hydroxyl groups is 3. The van der Waals surface area contributed by atoms with E-state index in [0.717, 1.165) is 0 Å². The fourth-order valence-corrected chi connectivity index (χ4v) is 1.43. The minimum atomic E-state index is -1.53. The molecule has 7 heteroatoms. The van der Waals surface area contributed by atoms with Gasteiger partial charge in [-0.05, 0) is 0 Å². The van der Waals surface area contributed by atoms with Crippen molar-refractivity contribution in [1.29, 1.82) is 0 Å². The van der Waals surface area contributed by atoms with Gasteiger partial charge in [0.2, 0.25) is 5.91 Å². The third-order valence-electron chi connectivity index (χ3n) is 2.18. The van der Waals surface area contributed by atoms with E-state index in [1.807, 2.05) is 0 Å². The van der Waals surface area contributed by atoms with Crippen LogP contribution in [0.5, 0.6) is 0 Å². The van der Waals surface area contributed by atoms with Crippen LogP contribution >= 0.6 is 0 Å². The Hall–Kier alpha value is -0.730. The summed E-state index contributed by atoms with van der Waals surface area (Å²) in [5, 5.41) is 30.4. The summed E-state index contributed by atoms with van der Waals surface area (Å²) in [6.45, 7) is 1.26. The van der Waals surface area contributed by atoms with Gasteiger partial charge in [0.1, 0.15) is 18.2 Å². The molecule has 5 atom stereocenters. The summed E-state index contributed by atoms with van der Waals surface area (Å²) < 4.78 is 9.67. The van der Waals surface area contributed by atoms with E-state index in [4.69, 9.17) is 9.47 Å². The average Bonchev–Trinajstić information content (AvgIpc) is 2.18. The topological polar surface area (TPSA) is 108 Å². The van der Waals surface area contributed by atoms with Crippen LogP contribution in [0.4, 0.5) is 0 Å². The monoisotopic (exact) mass is 221 g/mol. The third kappa shape index (κ3) is 2.64. The van der Waals surface area contributed by atoms with Crippen molar-refractivity contribution in [2.24, 2.45) is 0 Å². The third-order valence-corrected chi connectivity index (χ3v) is 2.18. The summed E-state index contributed by atoms with van der Waals surface area (Å²) in [6.07, 6.45) is -5.35. The standard InChI is InChI=1S/C8H15NO6/c1-3(10)9-4-5(11)6(12)7(13)15-8(4)14-2/h4-8,11-13H,1-2H3,(H,9,10)/t4?,5?,6?,7-,8?/m0/s1. The molecule has 1 amide bonds. The van der Waals surface area contributed by atoms with Crippen LogP contribution < -0.4 is 5.32 Å². The number of hydrogen-bond acceptors (Lipinski definition) is 6. The first-order valence-electron chi connectivity index (χ1n) is 4.47. The highest BCUT2D eigenvalue weighted by atomic mass is 16.7. The molecule has 0 bridgehead atoms. The molecule has 1 rings (SSSR count). The molecule has 88 valence electrons. The van der Waals surface area contributed by atoms with Crippen LogP contribution in [0.1, 0.15) is 6.92 Å². The Bertz CT molecular complexity index is 233. The molecule has 0 aromatic rings. The smallest absolute Gasteiger partial charge is 0.217 e. The Balaban J connectivity index is 2.75. The van der Waals surface area contributed by atoms with E-state index < -0.39 is 36.7 Å². The van der Waals surface area contributed by atoms with Crippen LogP contribution in [0.3, 0.4) is 0 Å². The minimum absolute atomic E-state index is 0.395. The van der Waals surface area contributed by atoms with Crippen molar-refractivity contribution >= 4 is 5.91 Å². The van der Waals surface area contributed by atoms with Gasteiger partial charge in [0.05, 0.1) is 0 Å². The van der Waals surface area contributed by atoms with E-state index in [9.17, 15) is 20.1 Å². The van der Waals surface area contributed by atoms with Gasteiger partial charge in [0.25, 0.3) is 0 Å². The van der Waals surface area contributed by atoms with Gasteiger partial charge in [-0.2, -0.15) is 0 Å². The summed E-state index contributed by atoms with van der Waals surface area (Å²) in [6, 6.07) is -0.911. The zero-order valence-electron chi connectivity index (χ0n) is 8.45. The summed E-state index contributed by atoms with van der Waals surface area (Å²) >= 11 is 0. The largest absolute Gasteiger partial charge is 0.388 e. The average molecular weight is 221 g/mol. The maximum atomic E-state index is 10.8. The highest BCUT2D eigenvalue weighted by Crippen LogP contribution is 2.20. The van der Waals surface area contributed by atoms with Crippen LogP contribution in [0.2, 0.25) is 0 Å². The first-order valence-corrected chi connectivity index (χ1v) is 4.47. The van der Waals surface area contributed by atoms with Gasteiger partial charge in [-0.25, -0.2) is 0 Å². The normalized spacial score (nSPS) is 41.3. The van der Waals surface area contributed by atoms with Crippen molar-refractivity contribution in [1.82, 2.24) is 5.32 Å². The van der Waals surface area contributed by atoms with Gasteiger partial charge < -0.3 is 30.1 Å². The predicted octanol–water partition coefficient (Wildman–Crippen LogP) is -2.47. The summed E-state index contributed by atoms with van der Waals surface area (Å²) in [5.74, 6) is -0.395. The molecule has 0 spiro atoms. The Morgan fingerprint density at radius 1 is 1.33 bits per heavy atom. The number of ether oxygens (including phenoxy) is 2. The lowest BCUT2D eigenvalue weighted by Gasteiger charge is -2.40. The molecule has 1 aliphatic rings. The molecule has 1 aliphatic heterocycles. The quantitative estimate of drug-likeness (QED) is 0.411. The van der Waals surface area contributed by atoms with Crippen molar-refractivity contribution in [3.63, 3.8) is 0 Å². The first kappa shape index (κ1) is 12.3. The van der Waals surface area contributed by atoms with Crippen LogP contribution in [0.25, 0.3) is 0 Å². The van der Waals surface area contributed by atoms with Crippen molar-refractivity contribution in [3.8, 4) is 0 Å². The van der Waals surface area contributed by atoms with Gasteiger partial charge in [-0.1, -0.05) is 0 Å². The van der Waals surface area contributed by atoms with Crippen LogP contribution in [-0.2, 0) is 14.3 Å². The summed E-state index contributed by atoms with van der Waals surface area (Å²) in [7, 11) is 1.30. The minimum Gasteiger partial charge on any atom is -0.388 e. The molecule has 15 heavy (non-hydrogen) atoms. The molecule has 1 saturated heterocycles. The van der Waals surface area contributed by atoms with Crippen molar-refractivity contribution < 1.29 is 29.6 Å². The molecule has 0 aromatic carbocycles. The molecule has 0 radical (unpaired) electrons. The van der Waals surface area contributed by atoms with E-state index in [-0.39, 0.29) is 0 Å². The van der Waals surface area contributed by atoms with E-state index in [1.54, 1.807) is 0 Å². The highest BCUT2D eigenvalue weighted by molar-refractivity contribution is 5.73. The Kier molecular flexibility index (Phi) is 4.00. The lowest BCUT2D eigenvalue weighted by Crippen LogP contribution is -2.63. The lowest BCUT2D eigenvalue weighted by atomic mass is 10.0. The molecular formula is C8H15NO6. The molecule has 1 heterocycles. The Morgan fingerprint density at radius 3 is 2.40 bits per heavy atom. The molecular weight excluding hydrogens is 206 g/mol. The number of nitrogens with one attached hydrogen (secondary N) is 1. The van der Waals surface area contributed by atoms with Gasteiger partial charge in [-0.3, -0.25) is 4.79 Å². The van der Waals surface area contributed by atoms with Crippen LogP contribution in [0.15, 0.2) is 0 Å². The zero-order chi connectivity index (χ0) is 11.6. The molecule has 4 unspecified atom stereocenters. The predicted molar refractivity (Wildman–Crippen MR) is 47.5 cm³/mol. The van der Waals surface area contributed by atoms with Gasteiger partial charge in [-0.15, -0.1) is 0 Å². The SMILES string of the molecule is COC1O[C@H](O)C(O)C(O)C1NC(C)=O. The number of hydrogen-bond donors (Lipinski definition) is 4. The number of amides is 1. The molecule has 0 saturated carbocycles. The maximum absolute atomic E-state index is 10.8. The van der Waals surface area contributed by atoms with Gasteiger partial charge >= 0.3 is 0 Å². The number of aliphatic hydroxyl groups excluding tert-OH is 3. The van der Waals surface area contributed by atoms with Gasteiger partial charge in [0.15, 0.2) is 12.6 Å². The first-order chi connectivity index (χ1) is 6.97. The molecule has 4 N–H and O–H groups in total. The maximum Gasteiger partial charge on any atom is 0.217 e. The van der Waals surface area contributed by atoms with Crippen molar-refractivity contribution in [3.05, 3.63) is 0 Å². The van der Waals surface area contributed by atoms with Crippen LogP contribution in [0, 0.1) is 0 Å². The summed E-state index contributed by atoms with van der Waals surface area (Å²) in [5.41, 5.74) is 0. The highest BCUT2D eigenvalue weighted by Gasteiger charge is 2.44. The van der Waals surface area contributed by atoms with Gasteiger partial charge in [0, 0.05) is 14.0 Å². The molecule has 7 nitrogen and oxygen atoms in total. The number of rotatable bonds is 2. The van der Waals surface area contributed by atoms with E-state index in [1.165, 1.54) is 14.0 Å².